The lowest BCUT2D eigenvalue weighted by molar-refractivity contribution is 0.00443. The van der Waals surface area contributed by atoms with E-state index < -0.39 is 38.5 Å². The van der Waals surface area contributed by atoms with E-state index >= 15 is 0 Å². The molecule has 1 aromatic carbocycles. The smallest absolute Gasteiger partial charge is 0.246 e. The van der Waals surface area contributed by atoms with Gasteiger partial charge in [0.25, 0.3) is 0 Å². The van der Waals surface area contributed by atoms with Crippen molar-refractivity contribution >= 4 is 22.4 Å². The highest BCUT2D eigenvalue weighted by atomic mass is 35.5. The summed E-state index contributed by atoms with van der Waals surface area (Å²) >= 11 is 0. The molecule has 0 radical (unpaired) electrons. The maximum Gasteiger partial charge on any atom is 0.246 e. The zero-order chi connectivity index (χ0) is 14.9. The molecule has 120 valence electrons. The van der Waals surface area contributed by atoms with Crippen LogP contribution in [0.25, 0.3) is 0 Å². The number of benzene rings is 1. The molecule has 10 heteroatoms. The third-order valence-electron chi connectivity index (χ3n) is 2.98. The molecule has 0 saturated carbocycles. The molecule has 1 fully saturated rings. The van der Waals surface area contributed by atoms with Crippen molar-refractivity contribution < 1.29 is 26.3 Å². The highest BCUT2D eigenvalue weighted by molar-refractivity contribution is 7.89. The summed E-state index contributed by atoms with van der Waals surface area (Å²) in [6.07, 6.45) is -0.508. The standard InChI is InChI=1S/C11H13F3N2O3S.ClH/c12-8-1-2-9(11(14)10(8)13)20(17,18)16-3-4-19-7(5-15)6-16;/h1-2,7H,3-6,15H2;1H. The molecule has 1 unspecified atom stereocenters. The molecule has 2 N–H and O–H groups in total. The predicted molar refractivity (Wildman–Crippen MR) is 71.1 cm³/mol. The average Bonchev–Trinajstić information content (AvgIpc) is 2.44. The first kappa shape index (κ1) is 18.2. The molecule has 0 bridgehead atoms. The Labute approximate surface area is 126 Å². The second-order valence-corrected chi connectivity index (χ2v) is 6.17. The Balaban J connectivity index is 0.00000220. The van der Waals surface area contributed by atoms with Gasteiger partial charge >= 0.3 is 0 Å². The monoisotopic (exact) mass is 346 g/mol. The number of hydrogen-bond acceptors (Lipinski definition) is 4. The summed E-state index contributed by atoms with van der Waals surface area (Å²) in [6.45, 7) is 0.146. The highest BCUT2D eigenvalue weighted by Crippen LogP contribution is 2.24. The van der Waals surface area contributed by atoms with E-state index in [1.165, 1.54) is 0 Å². The van der Waals surface area contributed by atoms with E-state index in [4.69, 9.17) is 10.5 Å². The van der Waals surface area contributed by atoms with Gasteiger partial charge in [-0.15, -0.1) is 12.4 Å². The number of nitrogens with zero attached hydrogens (tertiary/aromatic N) is 1. The molecule has 2 rings (SSSR count). The molecule has 21 heavy (non-hydrogen) atoms. The van der Waals surface area contributed by atoms with Crippen LogP contribution in [0.15, 0.2) is 17.0 Å². The normalized spacial score (nSPS) is 20.1. The van der Waals surface area contributed by atoms with Gasteiger partial charge < -0.3 is 10.5 Å². The third kappa shape index (κ3) is 3.49. The van der Waals surface area contributed by atoms with Crippen molar-refractivity contribution in [3.63, 3.8) is 0 Å². The van der Waals surface area contributed by atoms with Crippen LogP contribution in [-0.4, -0.2) is 45.1 Å². The zero-order valence-electron chi connectivity index (χ0n) is 10.8. The summed E-state index contributed by atoms with van der Waals surface area (Å²) in [5, 5.41) is 0. The Bertz CT molecular complexity index is 615. The van der Waals surface area contributed by atoms with E-state index in [1.807, 2.05) is 0 Å². The lowest BCUT2D eigenvalue weighted by Gasteiger charge is -2.31. The van der Waals surface area contributed by atoms with Crippen LogP contribution in [-0.2, 0) is 14.8 Å². The number of halogens is 4. The first-order chi connectivity index (χ1) is 9.37. The first-order valence-electron chi connectivity index (χ1n) is 5.83. The van der Waals surface area contributed by atoms with E-state index in [0.29, 0.717) is 12.1 Å². The van der Waals surface area contributed by atoms with Crippen molar-refractivity contribution in [1.29, 1.82) is 0 Å². The molecule has 1 heterocycles. The Morgan fingerprint density at radius 3 is 2.57 bits per heavy atom. The SMILES string of the molecule is Cl.NCC1CN(S(=O)(=O)c2ccc(F)c(F)c2F)CCO1. The van der Waals surface area contributed by atoms with E-state index in [0.717, 1.165) is 4.31 Å². The fourth-order valence-corrected chi connectivity index (χ4v) is 3.41. The second-order valence-electron chi connectivity index (χ2n) is 4.27. The molecule has 0 aromatic heterocycles. The Kier molecular flexibility index (Phi) is 6.00. The maximum atomic E-state index is 13.6. The lowest BCUT2D eigenvalue weighted by atomic mass is 10.3. The van der Waals surface area contributed by atoms with Crippen molar-refractivity contribution in [2.45, 2.75) is 11.0 Å². The first-order valence-corrected chi connectivity index (χ1v) is 7.27. The van der Waals surface area contributed by atoms with Crippen molar-refractivity contribution in [3.05, 3.63) is 29.6 Å². The molecule has 0 spiro atoms. The van der Waals surface area contributed by atoms with Crippen molar-refractivity contribution in [1.82, 2.24) is 4.31 Å². The van der Waals surface area contributed by atoms with Crippen molar-refractivity contribution in [3.8, 4) is 0 Å². The molecule has 1 aliphatic heterocycles. The van der Waals surface area contributed by atoms with Gasteiger partial charge in [-0.2, -0.15) is 4.31 Å². The van der Waals surface area contributed by atoms with E-state index in [9.17, 15) is 21.6 Å². The molecule has 0 amide bonds. The van der Waals surface area contributed by atoms with Crippen molar-refractivity contribution in [2.75, 3.05) is 26.2 Å². The number of sulfonamides is 1. The molecule has 1 saturated heterocycles. The molecule has 1 aromatic rings. The van der Waals surface area contributed by atoms with Gasteiger partial charge in [0.05, 0.1) is 12.7 Å². The summed E-state index contributed by atoms with van der Waals surface area (Å²) in [7, 11) is -4.26. The van der Waals surface area contributed by atoms with Crippen LogP contribution in [0.4, 0.5) is 13.2 Å². The van der Waals surface area contributed by atoms with Crippen LogP contribution < -0.4 is 5.73 Å². The minimum absolute atomic E-state index is 0. The van der Waals surface area contributed by atoms with Gasteiger partial charge in [-0.1, -0.05) is 0 Å². The van der Waals surface area contributed by atoms with E-state index in [2.05, 4.69) is 0 Å². The Hall–Kier alpha value is -0.870. The lowest BCUT2D eigenvalue weighted by Crippen LogP contribution is -2.48. The van der Waals surface area contributed by atoms with Crippen LogP contribution >= 0.6 is 12.4 Å². The van der Waals surface area contributed by atoms with Crippen LogP contribution in [0.1, 0.15) is 0 Å². The topological polar surface area (TPSA) is 72.6 Å². The molecular formula is C11H14ClF3N2O3S. The molecule has 1 atom stereocenters. The van der Waals surface area contributed by atoms with Gasteiger partial charge in [-0.05, 0) is 12.1 Å². The predicted octanol–water partition coefficient (Wildman–Crippen LogP) is 0.874. The summed E-state index contributed by atoms with van der Waals surface area (Å²) in [5.74, 6) is -4.97. The van der Waals surface area contributed by atoms with Gasteiger partial charge in [0.2, 0.25) is 10.0 Å². The Morgan fingerprint density at radius 2 is 1.95 bits per heavy atom. The van der Waals surface area contributed by atoms with Crippen LogP contribution in [0.3, 0.4) is 0 Å². The summed E-state index contributed by atoms with van der Waals surface area (Å²) in [6, 6.07) is 1.28. The van der Waals surface area contributed by atoms with Crippen LogP contribution in [0, 0.1) is 17.5 Å². The molecule has 5 nitrogen and oxygen atoms in total. The number of ether oxygens (including phenoxy) is 1. The van der Waals surface area contributed by atoms with Gasteiger partial charge in [-0.25, -0.2) is 21.6 Å². The summed E-state index contributed by atoms with van der Waals surface area (Å²) in [4.78, 5) is -0.894. The average molecular weight is 347 g/mol. The Morgan fingerprint density at radius 1 is 1.29 bits per heavy atom. The van der Waals surface area contributed by atoms with Gasteiger partial charge in [-0.3, -0.25) is 0 Å². The minimum Gasteiger partial charge on any atom is -0.374 e. The maximum absolute atomic E-state index is 13.6. The summed E-state index contributed by atoms with van der Waals surface area (Å²) < 4.78 is 70.2. The highest BCUT2D eigenvalue weighted by Gasteiger charge is 2.33. The second kappa shape index (κ2) is 6.93. The van der Waals surface area contributed by atoms with E-state index in [-0.39, 0.29) is 38.6 Å². The zero-order valence-corrected chi connectivity index (χ0v) is 12.4. The minimum atomic E-state index is -4.26. The molecule has 0 aliphatic carbocycles. The van der Waals surface area contributed by atoms with Crippen LogP contribution in [0.2, 0.25) is 0 Å². The molecule has 1 aliphatic rings. The van der Waals surface area contributed by atoms with E-state index in [1.54, 1.807) is 0 Å². The van der Waals surface area contributed by atoms with Gasteiger partial charge in [0.15, 0.2) is 17.5 Å². The quantitative estimate of drug-likeness (QED) is 0.824. The number of nitrogens with two attached hydrogens (primary N) is 1. The summed E-state index contributed by atoms with van der Waals surface area (Å²) in [5.41, 5.74) is 5.39. The van der Waals surface area contributed by atoms with Gasteiger partial charge in [0.1, 0.15) is 4.90 Å². The largest absolute Gasteiger partial charge is 0.374 e. The fourth-order valence-electron chi connectivity index (χ4n) is 1.90. The van der Waals surface area contributed by atoms with Crippen LogP contribution in [0.5, 0.6) is 0 Å². The fraction of sp³-hybridized carbons (Fsp3) is 0.455. The number of rotatable bonds is 3. The number of morpholine rings is 1. The van der Waals surface area contributed by atoms with Crippen molar-refractivity contribution in [2.24, 2.45) is 5.73 Å². The number of hydrogen-bond donors (Lipinski definition) is 1. The molecular weight excluding hydrogens is 333 g/mol. The van der Waals surface area contributed by atoms with Gasteiger partial charge in [0, 0.05) is 19.6 Å². The third-order valence-corrected chi connectivity index (χ3v) is 4.86.